The first-order valence-corrected chi connectivity index (χ1v) is 5.18. The minimum absolute atomic E-state index is 0.233. The van der Waals surface area contributed by atoms with Gasteiger partial charge in [0, 0.05) is 36.7 Å². The molecule has 0 radical (unpaired) electrons. The molecule has 2 heterocycles. The number of rotatable bonds is 2. The number of fused-ring (bicyclic) bond motifs is 1. The van der Waals surface area contributed by atoms with Crippen LogP contribution in [0.2, 0.25) is 0 Å². The van der Waals surface area contributed by atoms with Gasteiger partial charge in [-0.15, -0.1) is 0 Å². The fourth-order valence-electron chi connectivity index (χ4n) is 1.47. The summed E-state index contributed by atoms with van der Waals surface area (Å²) >= 11 is 1.83. The zero-order valence-electron chi connectivity index (χ0n) is 7.16. The third-order valence-corrected chi connectivity index (χ3v) is 2.95. The van der Waals surface area contributed by atoms with Gasteiger partial charge in [-0.3, -0.25) is 0 Å². The Bertz CT molecular complexity index is 280. The van der Waals surface area contributed by atoms with E-state index < -0.39 is 0 Å². The van der Waals surface area contributed by atoms with Crippen LogP contribution in [0.15, 0.2) is 11.4 Å². The van der Waals surface area contributed by atoms with Crippen LogP contribution in [0.5, 0.6) is 0 Å². The lowest BCUT2D eigenvalue weighted by molar-refractivity contribution is 0.634. The molecular weight excluding hydrogens is 170 g/mol. The lowest BCUT2D eigenvalue weighted by Gasteiger charge is -2.06. The number of hydrogen-bond donors (Lipinski definition) is 1. The molecular formula is C8H13N3S. The van der Waals surface area contributed by atoms with Gasteiger partial charge in [0.1, 0.15) is 0 Å². The van der Waals surface area contributed by atoms with Gasteiger partial charge >= 0.3 is 0 Å². The van der Waals surface area contributed by atoms with Crippen LogP contribution in [0.3, 0.4) is 0 Å². The molecule has 0 amide bonds. The standard InChI is InChI=1S/C8H13N3S/c1-6(9)4-7-5-10-8-11(7)2-3-12-8/h5-6H,2-4,9H2,1H3. The fraction of sp³-hybridized carbons (Fsp3) is 0.625. The van der Waals surface area contributed by atoms with Gasteiger partial charge in [-0.05, 0) is 6.92 Å². The highest BCUT2D eigenvalue weighted by Gasteiger charge is 2.16. The van der Waals surface area contributed by atoms with E-state index in [0.29, 0.717) is 0 Å². The molecule has 1 atom stereocenters. The Morgan fingerprint density at radius 2 is 2.67 bits per heavy atom. The molecule has 0 saturated heterocycles. The minimum atomic E-state index is 0.233. The predicted molar refractivity (Wildman–Crippen MR) is 50.3 cm³/mol. The summed E-state index contributed by atoms with van der Waals surface area (Å²) in [6, 6.07) is 0.233. The Morgan fingerprint density at radius 3 is 3.42 bits per heavy atom. The highest BCUT2D eigenvalue weighted by atomic mass is 32.2. The van der Waals surface area contributed by atoms with Gasteiger partial charge in [0.2, 0.25) is 0 Å². The van der Waals surface area contributed by atoms with Gasteiger partial charge in [0.05, 0.1) is 0 Å². The van der Waals surface area contributed by atoms with Gasteiger partial charge in [0.15, 0.2) is 5.16 Å². The van der Waals surface area contributed by atoms with Gasteiger partial charge in [-0.25, -0.2) is 4.98 Å². The molecule has 1 aromatic rings. The predicted octanol–water partition coefficient (Wildman–Crippen LogP) is 0.878. The van der Waals surface area contributed by atoms with E-state index in [0.717, 1.165) is 23.9 Å². The monoisotopic (exact) mass is 183 g/mol. The van der Waals surface area contributed by atoms with E-state index in [9.17, 15) is 0 Å². The molecule has 2 N–H and O–H groups in total. The van der Waals surface area contributed by atoms with Crippen molar-refractivity contribution in [3.05, 3.63) is 11.9 Å². The van der Waals surface area contributed by atoms with E-state index >= 15 is 0 Å². The normalized spacial score (nSPS) is 17.8. The Kier molecular flexibility index (Phi) is 2.11. The summed E-state index contributed by atoms with van der Waals surface area (Å²) in [7, 11) is 0. The maximum atomic E-state index is 5.73. The molecule has 1 aliphatic heterocycles. The van der Waals surface area contributed by atoms with E-state index in [1.54, 1.807) is 0 Å². The summed E-state index contributed by atoms with van der Waals surface area (Å²) in [6.45, 7) is 3.13. The maximum Gasteiger partial charge on any atom is 0.168 e. The number of hydrogen-bond acceptors (Lipinski definition) is 3. The molecule has 0 aromatic carbocycles. The lowest BCUT2D eigenvalue weighted by atomic mass is 10.2. The topological polar surface area (TPSA) is 43.8 Å². The molecule has 0 fully saturated rings. The molecule has 66 valence electrons. The van der Waals surface area contributed by atoms with Crippen LogP contribution in [-0.4, -0.2) is 21.3 Å². The molecule has 12 heavy (non-hydrogen) atoms. The van der Waals surface area contributed by atoms with Gasteiger partial charge < -0.3 is 10.3 Å². The molecule has 4 heteroatoms. The summed E-state index contributed by atoms with van der Waals surface area (Å²) in [4.78, 5) is 4.32. The number of nitrogens with zero attached hydrogens (tertiary/aromatic N) is 2. The highest BCUT2D eigenvalue weighted by molar-refractivity contribution is 7.99. The third kappa shape index (κ3) is 1.36. The van der Waals surface area contributed by atoms with Crippen molar-refractivity contribution < 1.29 is 0 Å². The molecule has 0 bridgehead atoms. The first-order valence-electron chi connectivity index (χ1n) is 4.20. The average molecular weight is 183 g/mol. The summed E-state index contributed by atoms with van der Waals surface area (Å²) in [5.41, 5.74) is 7.01. The number of nitrogens with two attached hydrogens (primary N) is 1. The van der Waals surface area contributed by atoms with Crippen molar-refractivity contribution in [2.24, 2.45) is 5.73 Å². The van der Waals surface area contributed by atoms with Crippen LogP contribution < -0.4 is 5.73 Å². The summed E-state index contributed by atoms with van der Waals surface area (Å²) < 4.78 is 2.27. The van der Waals surface area contributed by atoms with E-state index in [1.165, 1.54) is 5.69 Å². The Hall–Kier alpha value is -0.480. The second kappa shape index (κ2) is 3.11. The smallest absolute Gasteiger partial charge is 0.168 e. The van der Waals surface area contributed by atoms with Crippen LogP contribution in [0.4, 0.5) is 0 Å². The number of thioether (sulfide) groups is 1. The molecule has 1 aliphatic rings. The second-order valence-electron chi connectivity index (χ2n) is 3.21. The SMILES string of the molecule is CC(N)Cc1cnc2n1CCS2. The van der Waals surface area contributed by atoms with Crippen molar-refractivity contribution in [3.63, 3.8) is 0 Å². The molecule has 0 spiro atoms. The average Bonchev–Trinajstić information content (AvgIpc) is 2.52. The Labute approximate surface area is 76.4 Å². The second-order valence-corrected chi connectivity index (χ2v) is 4.28. The van der Waals surface area contributed by atoms with Gasteiger partial charge in [0.25, 0.3) is 0 Å². The van der Waals surface area contributed by atoms with Crippen molar-refractivity contribution in [1.29, 1.82) is 0 Å². The quantitative estimate of drug-likeness (QED) is 0.740. The fourth-order valence-corrected chi connectivity index (χ4v) is 2.42. The molecule has 2 rings (SSSR count). The van der Waals surface area contributed by atoms with E-state index in [-0.39, 0.29) is 6.04 Å². The third-order valence-electron chi connectivity index (χ3n) is 1.98. The van der Waals surface area contributed by atoms with Crippen LogP contribution in [0.1, 0.15) is 12.6 Å². The first kappa shape index (κ1) is 8.13. The zero-order chi connectivity index (χ0) is 8.55. The lowest BCUT2D eigenvalue weighted by Crippen LogP contribution is -2.19. The molecule has 0 aliphatic carbocycles. The van der Waals surface area contributed by atoms with Crippen LogP contribution in [0, 0.1) is 0 Å². The molecule has 1 unspecified atom stereocenters. The molecule has 0 saturated carbocycles. The summed E-state index contributed by atoms with van der Waals surface area (Å²) in [6.07, 6.45) is 2.89. The van der Waals surface area contributed by atoms with E-state index in [2.05, 4.69) is 9.55 Å². The molecule has 3 nitrogen and oxygen atoms in total. The Balaban J connectivity index is 2.22. The van der Waals surface area contributed by atoms with Crippen LogP contribution in [0.25, 0.3) is 0 Å². The Morgan fingerprint density at radius 1 is 1.83 bits per heavy atom. The highest BCUT2D eigenvalue weighted by Crippen LogP contribution is 2.25. The largest absolute Gasteiger partial charge is 0.328 e. The van der Waals surface area contributed by atoms with Crippen molar-refractivity contribution in [1.82, 2.24) is 9.55 Å². The van der Waals surface area contributed by atoms with E-state index in [4.69, 9.17) is 5.73 Å². The van der Waals surface area contributed by atoms with Crippen LogP contribution >= 0.6 is 11.8 Å². The van der Waals surface area contributed by atoms with Crippen molar-refractivity contribution in [3.8, 4) is 0 Å². The van der Waals surface area contributed by atoms with Crippen LogP contribution in [-0.2, 0) is 13.0 Å². The maximum absolute atomic E-state index is 5.73. The van der Waals surface area contributed by atoms with Gasteiger partial charge in [-0.1, -0.05) is 11.8 Å². The zero-order valence-corrected chi connectivity index (χ0v) is 7.97. The number of imidazole rings is 1. The minimum Gasteiger partial charge on any atom is -0.328 e. The van der Waals surface area contributed by atoms with Crippen molar-refractivity contribution in [2.75, 3.05) is 5.75 Å². The summed E-state index contributed by atoms with van der Waals surface area (Å²) in [5, 5.41) is 1.16. The van der Waals surface area contributed by atoms with E-state index in [1.807, 2.05) is 24.9 Å². The number of aromatic nitrogens is 2. The first-order chi connectivity index (χ1) is 5.77. The van der Waals surface area contributed by atoms with Crippen molar-refractivity contribution in [2.45, 2.75) is 31.1 Å². The van der Waals surface area contributed by atoms with Crippen molar-refractivity contribution >= 4 is 11.8 Å². The molecule has 1 aromatic heterocycles. The van der Waals surface area contributed by atoms with Gasteiger partial charge in [-0.2, -0.15) is 0 Å². The summed E-state index contributed by atoms with van der Waals surface area (Å²) in [5.74, 6) is 1.16.